The number of hydrogen-bond donors (Lipinski definition) is 4. The summed E-state index contributed by atoms with van der Waals surface area (Å²) in [5.74, 6) is 1.75. The van der Waals surface area contributed by atoms with Crippen LogP contribution in [0.3, 0.4) is 0 Å². The molecular weight excluding hydrogens is 1590 g/mol. The maximum absolute atomic E-state index is 14.9. The Hall–Kier alpha value is -14.0. The van der Waals surface area contributed by atoms with Crippen molar-refractivity contribution in [3.63, 3.8) is 0 Å². The van der Waals surface area contributed by atoms with Gasteiger partial charge in [-0.15, -0.1) is 0 Å². The summed E-state index contributed by atoms with van der Waals surface area (Å²) < 4.78 is 42.9. The van der Waals surface area contributed by atoms with Crippen molar-refractivity contribution in [1.82, 2.24) is 19.9 Å². The summed E-state index contributed by atoms with van der Waals surface area (Å²) in [5.41, 5.74) is 16.4. The van der Waals surface area contributed by atoms with E-state index in [-0.39, 0.29) is 49.4 Å². The third-order valence-electron chi connectivity index (χ3n) is 25.0. The van der Waals surface area contributed by atoms with Crippen LogP contribution in [0.25, 0.3) is 156 Å². The van der Waals surface area contributed by atoms with Gasteiger partial charge in [0.2, 0.25) is 0 Å². The van der Waals surface area contributed by atoms with Crippen LogP contribution in [0.5, 0.6) is 46.0 Å². The molecule has 19 rings (SSSR count). The summed E-state index contributed by atoms with van der Waals surface area (Å²) in [6.07, 6.45) is 8.42. The molecule has 0 saturated carbocycles. The van der Waals surface area contributed by atoms with Crippen molar-refractivity contribution in [3.05, 3.63) is 286 Å². The number of ether oxygens (including phenoxy) is 6. The quantitative estimate of drug-likeness (QED) is 0.0949. The highest BCUT2D eigenvalue weighted by atomic mass is 16.5. The molecule has 12 aromatic carbocycles. The zero-order valence-electron chi connectivity index (χ0n) is 76.0. The zero-order valence-corrected chi connectivity index (χ0v) is 76.0. The number of nitrogens with zero attached hydrogens (tertiary/aromatic N) is 2. The maximum Gasteiger partial charge on any atom is 0.316 e. The minimum Gasteiger partial charge on any atom is -0.507 e. The van der Waals surface area contributed by atoms with E-state index in [1.807, 2.05) is 163 Å². The number of fused-ring (bicyclic) bond motifs is 38. The lowest BCUT2D eigenvalue weighted by Crippen LogP contribution is -2.26. The number of phenolic OH excluding ortho intramolecular Hbond substituents is 2. The van der Waals surface area contributed by atoms with Crippen LogP contribution >= 0.6 is 0 Å². The molecule has 0 atom stereocenters. The first-order valence-electron chi connectivity index (χ1n) is 44.1. The van der Waals surface area contributed by atoms with E-state index in [1.165, 1.54) is 0 Å². The van der Waals surface area contributed by atoms with E-state index in [4.69, 9.17) is 38.4 Å². The van der Waals surface area contributed by atoms with Gasteiger partial charge < -0.3 is 48.6 Å². The third kappa shape index (κ3) is 15.5. The van der Waals surface area contributed by atoms with Gasteiger partial charge in [0, 0.05) is 88.8 Å². The van der Waals surface area contributed by atoms with Gasteiger partial charge in [-0.2, -0.15) is 0 Å². The van der Waals surface area contributed by atoms with E-state index in [1.54, 1.807) is 0 Å². The van der Waals surface area contributed by atoms with Gasteiger partial charge >= 0.3 is 11.9 Å². The number of rotatable bonds is 2. The van der Waals surface area contributed by atoms with E-state index < -0.39 is 44.4 Å². The first-order valence-corrected chi connectivity index (χ1v) is 44.1. The van der Waals surface area contributed by atoms with Crippen LogP contribution < -0.4 is 28.4 Å². The minimum atomic E-state index is -0.947. The Kier molecular flexibility index (Phi) is 20.2. The molecule has 7 heterocycles. The van der Waals surface area contributed by atoms with Gasteiger partial charge in [-0.25, -0.2) is 9.97 Å². The fraction of sp³-hybridized carbons (Fsp3) is 0.246. The number of carbonyl (C=O) groups excluding carboxylic acids is 2. The van der Waals surface area contributed by atoms with Crippen molar-refractivity contribution in [2.45, 2.75) is 173 Å². The zero-order chi connectivity index (χ0) is 89.7. The lowest BCUT2D eigenvalue weighted by atomic mass is 9.85. The molecule has 0 fully saturated rings. The molecule has 128 heavy (non-hydrogen) atoms. The van der Waals surface area contributed by atoms with Gasteiger partial charge in [0.25, 0.3) is 0 Å². The van der Waals surface area contributed by atoms with Gasteiger partial charge in [-0.05, 0) is 272 Å². The molecule has 3 aromatic heterocycles. The van der Waals surface area contributed by atoms with Gasteiger partial charge in [-0.1, -0.05) is 204 Å². The molecule has 14 nitrogen and oxygen atoms in total. The Morgan fingerprint density at radius 2 is 0.539 bits per heavy atom. The lowest BCUT2D eigenvalue weighted by molar-refractivity contribution is -0.143. The maximum atomic E-state index is 14.9. The predicted molar refractivity (Wildman–Crippen MR) is 520 cm³/mol. The first kappa shape index (κ1) is 83.6. The molecule has 0 spiro atoms. The molecule has 0 radical (unpaired) electrons. The first-order chi connectivity index (χ1) is 60.8. The Morgan fingerprint density at radius 1 is 0.297 bits per heavy atom. The highest BCUT2D eigenvalue weighted by molar-refractivity contribution is 6.14. The van der Waals surface area contributed by atoms with Crippen LogP contribution in [0, 0.1) is 10.8 Å². The Labute approximate surface area is 747 Å². The normalized spacial score (nSPS) is 13.6. The van der Waals surface area contributed by atoms with Crippen molar-refractivity contribution >= 4 is 101 Å². The summed E-state index contributed by atoms with van der Waals surface area (Å²) in [4.78, 5) is 49.8. The second kappa shape index (κ2) is 31.0. The van der Waals surface area contributed by atoms with E-state index in [9.17, 15) is 19.8 Å². The fourth-order valence-corrected chi connectivity index (χ4v) is 17.8. The highest BCUT2D eigenvalue weighted by Crippen LogP contribution is 2.54. The van der Waals surface area contributed by atoms with Crippen LogP contribution in [-0.2, 0) is 57.7 Å². The largest absolute Gasteiger partial charge is 0.507 e. The number of aromatic hydroxyl groups is 2. The molecule has 642 valence electrons. The summed E-state index contributed by atoms with van der Waals surface area (Å²) in [6, 6.07) is 74.2. The van der Waals surface area contributed by atoms with E-state index in [0.29, 0.717) is 90.3 Å². The standard InChI is InChI=1S/C114H106N4O10/c1-109(2,3)75-47-67-51-79(55-75)123-59-71-43-63-27-19-23-31-83(63)99(103(71)119)101-85-33-25-21-29-65(85)45-73(105(101)127-107(121)113(13,14)15)61-125-81-53-69(49-77(57-81)111(7,8)9)97-91-39-35-87(115-91)95(67)89-37-41-93(117-89)98-70-50-78(112(10,11)12)58-82(54-70)126-62-74-46-66-30-22-26-34-86(66)102(106(74)128-108(122)114(16,17)18)100-84-32-24-20-28-64(84)44-72(104(100)120)60-124-80-52-68(48-76(56-80)110(4,5)6)96(88-36-40-92(98)116-88)90-38-42-94(97)118-90/h19-58,115-116,119-120H,59-62H2,1-18H3. The molecule has 28 bridgehead atoms. The molecule has 14 heteroatoms. The van der Waals surface area contributed by atoms with Crippen molar-refractivity contribution in [1.29, 1.82) is 0 Å². The third-order valence-corrected chi connectivity index (χ3v) is 25.0. The molecule has 0 amide bonds. The number of hydrogen-bond acceptors (Lipinski definition) is 12. The highest BCUT2D eigenvalue weighted by Gasteiger charge is 2.35. The topological polar surface area (TPSA) is 187 Å². The SMILES string of the molecule is CC(C)(C)C(=O)Oc1c2cc3ccccc3c1-c1c(O)c(cc3ccccc13)COc1cc(cc(C(C)(C)C)c1)-c1c3nc(c4c5ccc([nH]5)c(c5nc(c(c6ccc1[nH]6)-c1cc(cc(C(C)(C)C)c1)OC2)C=C5)-c1cc(cc(C(C)(C)C)c1)OCc1cc2ccccc2c(c1O)-c1c(OC(=O)C(C)(C)C)c(cc2ccccc12)COc1cc-4cc(C(C)(C)C)c1)C=C3. The van der Waals surface area contributed by atoms with E-state index >= 15 is 0 Å². The van der Waals surface area contributed by atoms with Crippen molar-refractivity contribution in [3.8, 4) is 113 Å². The average Bonchev–Trinajstić information content (AvgIpc) is 0.780. The summed E-state index contributed by atoms with van der Waals surface area (Å²) in [7, 11) is 0. The number of phenols is 2. The van der Waals surface area contributed by atoms with E-state index in [2.05, 4.69) is 214 Å². The predicted octanol–water partition coefficient (Wildman–Crippen LogP) is 28.7. The van der Waals surface area contributed by atoms with Crippen molar-refractivity contribution < 1.29 is 48.2 Å². The lowest BCUT2D eigenvalue weighted by Gasteiger charge is -2.25. The molecule has 15 aromatic rings. The van der Waals surface area contributed by atoms with Crippen LogP contribution in [0.1, 0.15) is 192 Å². The number of aromatic nitrogens is 4. The average molecular weight is 1690 g/mol. The summed E-state index contributed by atoms with van der Waals surface area (Å²) in [6.45, 7) is 37.2. The monoisotopic (exact) mass is 1690 g/mol. The van der Waals surface area contributed by atoms with Crippen LogP contribution in [0.2, 0.25) is 0 Å². The number of esters is 2. The molecule has 0 saturated heterocycles. The Balaban J connectivity index is 0.942. The van der Waals surface area contributed by atoms with E-state index in [0.717, 1.165) is 132 Å². The molecule has 0 aliphatic carbocycles. The number of H-pyrrole nitrogens is 2. The van der Waals surface area contributed by atoms with Crippen LogP contribution in [0.4, 0.5) is 0 Å². The number of aromatic amines is 2. The molecule has 0 unspecified atom stereocenters. The number of nitrogens with one attached hydrogen (secondary N) is 2. The molecule has 4 N–H and O–H groups in total. The fourth-order valence-electron chi connectivity index (χ4n) is 17.8. The minimum absolute atomic E-state index is 0.0273. The molecular formula is C114H106N4O10. The Morgan fingerprint density at radius 3 is 0.797 bits per heavy atom. The summed E-state index contributed by atoms with van der Waals surface area (Å²) in [5, 5.41) is 33.4. The smallest absolute Gasteiger partial charge is 0.316 e. The molecule has 4 aliphatic heterocycles. The van der Waals surface area contributed by atoms with Crippen LogP contribution in [-0.4, -0.2) is 42.1 Å². The van der Waals surface area contributed by atoms with Gasteiger partial charge in [-0.3, -0.25) is 9.59 Å². The number of carbonyl (C=O) groups is 2. The second-order valence-corrected chi connectivity index (χ2v) is 40.8. The molecule has 4 aliphatic rings. The van der Waals surface area contributed by atoms with Crippen LogP contribution in [0.15, 0.2) is 218 Å². The van der Waals surface area contributed by atoms with Gasteiger partial charge in [0.1, 0.15) is 72.4 Å². The summed E-state index contributed by atoms with van der Waals surface area (Å²) >= 11 is 0. The van der Waals surface area contributed by atoms with Gasteiger partial charge in [0.15, 0.2) is 0 Å². The number of benzene rings is 12. The van der Waals surface area contributed by atoms with Crippen molar-refractivity contribution in [2.75, 3.05) is 0 Å². The Bertz CT molecular complexity index is 7010. The van der Waals surface area contributed by atoms with Gasteiger partial charge in [0.05, 0.1) is 33.6 Å². The second-order valence-electron chi connectivity index (χ2n) is 40.8. The van der Waals surface area contributed by atoms with Crippen molar-refractivity contribution in [2.24, 2.45) is 10.8 Å².